The molecule has 3 heterocycles. The molecule has 132 valence electrons. The molecular formula is C16H24N4O4. The van der Waals surface area contributed by atoms with Gasteiger partial charge in [0.2, 0.25) is 5.91 Å². The van der Waals surface area contributed by atoms with Crippen LogP contribution in [0, 0.1) is 0 Å². The normalized spacial score (nSPS) is 25.4. The molecule has 0 N–H and O–H groups in total. The summed E-state index contributed by atoms with van der Waals surface area (Å²) in [6.45, 7) is 6.06. The van der Waals surface area contributed by atoms with Crippen molar-refractivity contribution in [2.45, 2.75) is 25.5 Å². The van der Waals surface area contributed by atoms with Crippen molar-refractivity contribution in [1.82, 2.24) is 19.4 Å². The van der Waals surface area contributed by atoms with Crippen molar-refractivity contribution in [2.24, 2.45) is 7.05 Å². The van der Waals surface area contributed by atoms with Crippen LogP contribution in [0.25, 0.3) is 0 Å². The Morgan fingerprint density at radius 2 is 2.17 bits per heavy atom. The van der Waals surface area contributed by atoms with E-state index < -0.39 is 5.60 Å². The molecule has 0 aliphatic carbocycles. The fraction of sp³-hybridized carbons (Fsp3) is 0.688. The predicted molar refractivity (Wildman–Crippen MR) is 85.5 cm³/mol. The number of hydrogen-bond acceptors (Lipinski definition) is 5. The predicted octanol–water partition coefficient (Wildman–Crippen LogP) is -0.101. The highest BCUT2D eigenvalue weighted by molar-refractivity contribution is 5.92. The van der Waals surface area contributed by atoms with Crippen molar-refractivity contribution < 1.29 is 19.1 Å². The summed E-state index contributed by atoms with van der Waals surface area (Å²) in [5.41, 5.74) is -0.137. The molecule has 0 aromatic carbocycles. The van der Waals surface area contributed by atoms with Crippen LogP contribution < -0.4 is 0 Å². The number of imidazole rings is 1. The molecule has 2 amide bonds. The SMILES string of the molecule is CC(C)N1CC2(COCC1=O)CN(C(=O)c1cncn1C)CCO2. The van der Waals surface area contributed by atoms with Gasteiger partial charge in [-0.2, -0.15) is 0 Å². The van der Waals surface area contributed by atoms with E-state index in [-0.39, 0.29) is 24.5 Å². The smallest absolute Gasteiger partial charge is 0.272 e. The van der Waals surface area contributed by atoms with Gasteiger partial charge in [-0.3, -0.25) is 9.59 Å². The monoisotopic (exact) mass is 336 g/mol. The third-order valence-corrected chi connectivity index (χ3v) is 4.56. The Hall–Kier alpha value is -1.93. The molecule has 0 saturated carbocycles. The van der Waals surface area contributed by atoms with Crippen molar-refractivity contribution in [3.8, 4) is 0 Å². The van der Waals surface area contributed by atoms with Crippen LogP contribution in [0.1, 0.15) is 24.3 Å². The topological polar surface area (TPSA) is 76.9 Å². The summed E-state index contributed by atoms with van der Waals surface area (Å²) >= 11 is 0. The number of nitrogens with zero attached hydrogens (tertiary/aromatic N) is 4. The highest BCUT2D eigenvalue weighted by Gasteiger charge is 2.44. The number of carbonyl (C=O) groups excluding carboxylic acids is 2. The Kier molecular flexibility index (Phi) is 4.60. The molecule has 2 saturated heterocycles. The first-order chi connectivity index (χ1) is 11.4. The highest BCUT2D eigenvalue weighted by atomic mass is 16.5. The zero-order valence-electron chi connectivity index (χ0n) is 14.4. The number of carbonyl (C=O) groups is 2. The van der Waals surface area contributed by atoms with E-state index >= 15 is 0 Å². The maximum atomic E-state index is 12.8. The van der Waals surface area contributed by atoms with Crippen molar-refractivity contribution in [3.05, 3.63) is 18.2 Å². The van der Waals surface area contributed by atoms with E-state index in [1.165, 1.54) is 0 Å². The molecule has 1 unspecified atom stereocenters. The second kappa shape index (κ2) is 6.52. The number of aromatic nitrogens is 2. The van der Waals surface area contributed by atoms with E-state index in [1.807, 2.05) is 13.8 Å². The zero-order chi connectivity index (χ0) is 17.3. The van der Waals surface area contributed by atoms with Crippen LogP contribution in [0.5, 0.6) is 0 Å². The first kappa shape index (κ1) is 16.9. The third kappa shape index (κ3) is 3.16. The summed E-state index contributed by atoms with van der Waals surface area (Å²) in [7, 11) is 1.80. The fourth-order valence-corrected chi connectivity index (χ4v) is 3.25. The number of ether oxygens (including phenoxy) is 2. The second-order valence-corrected chi connectivity index (χ2v) is 6.76. The summed E-state index contributed by atoms with van der Waals surface area (Å²) in [5.74, 6) is -0.120. The van der Waals surface area contributed by atoms with Gasteiger partial charge in [0.25, 0.3) is 5.91 Å². The molecular weight excluding hydrogens is 312 g/mol. The van der Waals surface area contributed by atoms with Crippen LogP contribution in [-0.4, -0.2) is 82.3 Å². The van der Waals surface area contributed by atoms with Gasteiger partial charge in [-0.15, -0.1) is 0 Å². The standard InChI is InChI=1S/C16H24N4O4/c1-12(2)20-9-16(10-23-7-14(20)21)8-19(4-5-24-16)15(22)13-6-17-11-18(13)3/h6,11-12H,4-5,7-10H2,1-3H3. The van der Waals surface area contributed by atoms with Gasteiger partial charge in [-0.25, -0.2) is 4.98 Å². The number of amides is 2. The van der Waals surface area contributed by atoms with Gasteiger partial charge in [-0.1, -0.05) is 0 Å². The van der Waals surface area contributed by atoms with E-state index in [0.717, 1.165) is 0 Å². The lowest BCUT2D eigenvalue weighted by Gasteiger charge is -2.43. The molecule has 1 spiro atoms. The van der Waals surface area contributed by atoms with Crippen LogP contribution in [0.4, 0.5) is 0 Å². The van der Waals surface area contributed by atoms with Gasteiger partial charge < -0.3 is 23.8 Å². The molecule has 2 aliphatic heterocycles. The Labute approximate surface area is 141 Å². The van der Waals surface area contributed by atoms with E-state index in [2.05, 4.69) is 4.98 Å². The van der Waals surface area contributed by atoms with Gasteiger partial charge in [-0.05, 0) is 13.8 Å². The van der Waals surface area contributed by atoms with Crippen LogP contribution in [0.15, 0.2) is 12.5 Å². The number of rotatable bonds is 2. The quantitative estimate of drug-likeness (QED) is 0.754. The van der Waals surface area contributed by atoms with E-state index in [0.29, 0.717) is 38.5 Å². The van der Waals surface area contributed by atoms with Gasteiger partial charge in [0.1, 0.15) is 17.9 Å². The zero-order valence-corrected chi connectivity index (χ0v) is 14.4. The van der Waals surface area contributed by atoms with E-state index in [1.54, 1.807) is 33.9 Å². The number of morpholine rings is 1. The minimum Gasteiger partial charge on any atom is -0.368 e. The first-order valence-corrected chi connectivity index (χ1v) is 8.19. The summed E-state index contributed by atoms with van der Waals surface area (Å²) < 4.78 is 13.3. The van der Waals surface area contributed by atoms with Crippen LogP contribution in [-0.2, 0) is 21.3 Å². The lowest BCUT2D eigenvalue weighted by molar-refractivity contribution is -0.140. The lowest BCUT2D eigenvalue weighted by Crippen LogP contribution is -2.60. The maximum absolute atomic E-state index is 12.8. The second-order valence-electron chi connectivity index (χ2n) is 6.76. The van der Waals surface area contributed by atoms with Crippen LogP contribution >= 0.6 is 0 Å². The fourth-order valence-electron chi connectivity index (χ4n) is 3.25. The van der Waals surface area contributed by atoms with Crippen molar-refractivity contribution in [2.75, 3.05) is 39.5 Å². The Morgan fingerprint density at radius 1 is 1.38 bits per heavy atom. The maximum Gasteiger partial charge on any atom is 0.272 e. The van der Waals surface area contributed by atoms with Crippen molar-refractivity contribution in [1.29, 1.82) is 0 Å². The average Bonchev–Trinajstić information content (AvgIpc) is 2.91. The Bertz CT molecular complexity index is 629. The molecule has 0 radical (unpaired) electrons. The summed E-state index contributed by atoms with van der Waals surface area (Å²) in [6, 6.07) is 0.0582. The Balaban J connectivity index is 1.80. The molecule has 3 rings (SSSR count). The summed E-state index contributed by atoms with van der Waals surface area (Å²) in [4.78, 5) is 32.5. The van der Waals surface area contributed by atoms with Crippen molar-refractivity contribution in [3.63, 3.8) is 0 Å². The number of aryl methyl sites for hydroxylation is 1. The van der Waals surface area contributed by atoms with Crippen LogP contribution in [0.3, 0.4) is 0 Å². The summed E-state index contributed by atoms with van der Waals surface area (Å²) in [5, 5.41) is 0. The molecule has 1 aromatic heterocycles. The molecule has 24 heavy (non-hydrogen) atoms. The third-order valence-electron chi connectivity index (χ3n) is 4.56. The molecule has 2 fully saturated rings. The van der Waals surface area contributed by atoms with E-state index in [4.69, 9.17) is 9.47 Å². The largest absolute Gasteiger partial charge is 0.368 e. The minimum atomic E-state index is -0.678. The Morgan fingerprint density at radius 3 is 2.83 bits per heavy atom. The van der Waals surface area contributed by atoms with Gasteiger partial charge in [0, 0.05) is 19.6 Å². The van der Waals surface area contributed by atoms with Gasteiger partial charge >= 0.3 is 0 Å². The highest BCUT2D eigenvalue weighted by Crippen LogP contribution is 2.25. The summed E-state index contributed by atoms with van der Waals surface area (Å²) in [6.07, 6.45) is 3.18. The van der Waals surface area contributed by atoms with Gasteiger partial charge in [0.15, 0.2) is 0 Å². The first-order valence-electron chi connectivity index (χ1n) is 8.19. The molecule has 1 atom stereocenters. The van der Waals surface area contributed by atoms with Gasteiger partial charge in [0.05, 0.1) is 38.8 Å². The molecule has 8 heteroatoms. The molecule has 0 bridgehead atoms. The molecule has 8 nitrogen and oxygen atoms in total. The van der Waals surface area contributed by atoms with Crippen molar-refractivity contribution >= 4 is 11.8 Å². The minimum absolute atomic E-state index is 0.0411. The lowest BCUT2D eigenvalue weighted by atomic mass is 10.0. The number of hydrogen-bond donors (Lipinski definition) is 0. The van der Waals surface area contributed by atoms with Crippen LogP contribution in [0.2, 0.25) is 0 Å². The molecule has 1 aromatic rings. The average molecular weight is 336 g/mol. The molecule has 2 aliphatic rings. The van der Waals surface area contributed by atoms with E-state index in [9.17, 15) is 9.59 Å².